The Morgan fingerprint density at radius 1 is 0.727 bits per heavy atom. The summed E-state index contributed by atoms with van der Waals surface area (Å²) in [6, 6.07) is 16.6. The van der Waals surface area contributed by atoms with Crippen molar-refractivity contribution in [1.82, 2.24) is 9.80 Å². The van der Waals surface area contributed by atoms with Gasteiger partial charge in [-0.3, -0.25) is 9.69 Å². The van der Waals surface area contributed by atoms with Crippen molar-refractivity contribution in [3.05, 3.63) is 64.7 Å². The lowest BCUT2D eigenvalue weighted by Gasteiger charge is -2.37. The number of carbonyl (C=O) groups excluding carboxylic acids is 1. The first-order valence-electron chi connectivity index (χ1n) is 13.2. The summed E-state index contributed by atoms with van der Waals surface area (Å²) in [5.41, 5.74) is 7.18. The van der Waals surface area contributed by atoms with E-state index in [1.54, 1.807) is 11.1 Å². The van der Waals surface area contributed by atoms with Crippen LogP contribution in [0.15, 0.2) is 42.5 Å². The molecular weight excluding hydrogens is 406 g/mol. The number of rotatable bonds is 3. The minimum absolute atomic E-state index is 0.143. The van der Waals surface area contributed by atoms with Crippen molar-refractivity contribution in [2.75, 3.05) is 44.2 Å². The Morgan fingerprint density at radius 3 is 2.09 bits per heavy atom. The lowest BCUT2D eigenvalue weighted by Crippen LogP contribution is -2.50. The molecule has 0 bridgehead atoms. The smallest absolute Gasteiger partial charge is 0.226 e. The summed E-state index contributed by atoms with van der Waals surface area (Å²) in [5.74, 6) is 0.504. The summed E-state index contributed by atoms with van der Waals surface area (Å²) < 4.78 is 0. The molecule has 0 radical (unpaired) electrons. The van der Waals surface area contributed by atoms with Gasteiger partial charge in [-0.1, -0.05) is 43.2 Å². The third-order valence-electron chi connectivity index (χ3n) is 8.72. The molecule has 1 saturated carbocycles. The molecule has 0 aromatic heterocycles. The van der Waals surface area contributed by atoms with Crippen molar-refractivity contribution in [1.29, 1.82) is 0 Å². The lowest BCUT2D eigenvalue weighted by molar-refractivity contribution is -0.135. The van der Waals surface area contributed by atoms with Gasteiger partial charge in [-0.15, -0.1) is 0 Å². The van der Waals surface area contributed by atoms with Crippen molar-refractivity contribution >= 4 is 11.6 Å². The van der Waals surface area contributed by atoms with Gasteiger partial charge in [0.05, 0.1) is 0 Å². The average molecular weight is 444 g/mol. The molecule has 4 heteroatoms. The quantitative estimate of drug-likeness (QED) is 0.715. The second kappa shape index (κ2) is 9.13. The Hall–Kier alpha value is -2.33. The van der Waals surface area contributed by atoms with Crippen molar-refractivity contribution in [2.24, 2.45) is 5.92 Å². The summed E-state index contributed by atoms with van der Waals surface area (Å²) in [6.07, 6.45) is 9.84. The molecule has 1 amide bonds. The Balaban J connectivity index is 1.06. The monoisotopic (exact) mass is 443 g/mol. The highest BCUT2D eigenvalue weighted by molar-refractivity contribution is 5.80. The van der Waals surface area contributed by atoms with E-state index in [0.29, 0.717) is 5.91 Å². The van der Waals surface area contributed by atoms with E-state index in [2.05, 4.69) is 57.2 Å². The Kier molecular flexibility index (Phi) is 5.87. The van der Waals surface area contributed by atoms with Gasteiger partial charge >= 0.3 is 0 Å². The molecule has 0 spiro atoms. The molecule has 0 atom stereocenters. The number of anilines is 1. The van der Waals surface area contributed by atoms with Crippen LogP contribution in [0.3, 0.4) is 0 Å². The molecule has 2 aromatic rings. The molecule has 4 nitrogen and oxygen atoms in total. The third kappa shape index (κ3) is 4.30. The Bertz CT molecular complexity index is 979. The molecule has 174 valence electrons. The van der Waals surface area contributed by atoms with E-state index in [9.17, 15) is 4.79 Å². The lowest BCUT2D eigenvalue weighted by atomic mass is 10.0. The zero-order valence-electron chi connectivity index (χ0n) is 19.8. The fourth-order valence-electron chi connectivity index (χ4n) is 6.74. The molecule has 6 rings (SSSR count). The van der Waals surface area contributed by atoms with Crippen molar-refractivity contribution in [3.63, 3.8) is 0 Å². The highest BCUT2D eigenvalue weighted by Crippen LogP contribution is 2.30. The number of hydrogen-bond donors (Lipinski definition) is 0. The van der Waals surface area contributed by atoms with Crippen molar-refractivity contribution in [2.45, 2.75) is 57.4 Å². The molecule has 2 aromatic carbocycles. The molecule has 2 aliphatic heterocycles. The molecule has 33 heavy (non-hydrogen) atoms. The van der Waals surface area contributed by atoms with Crippen LogP contribution in [0, 0.1) is 5.92 Å². The fourth-order valence-corrected chi connectivity index (χ4v) is 6.74. The van der Waals surface area contributed by atoms with Gasteiger partial charge in [0.2, 0.25) is 5.91 Å². The molecule has 1 saturated heterocycles. The molecule has 2 heterocycles. The van der Waals surface area contributed by atoms with E-state index in [-0.39, 0.29) is 5.92 Å². The van der Waals surface area contributed by atoms with Gasteiger partial charge in [0.25, 0.3) is 0 Å². The van der Waals surface area contributed by atoms with Crippen LogP contribution in [0.1, 0.15) is 47.9 Å². The summed E-state index contributed by atoms with van der Waals surface area (Å²) in [7, 11) is 0. The fraction of sp³-hybridized carbons (Fsp3) is 0.552. The topological polar surface area (TPSA) is 26.8 Å². The van der Waals surface area contributed by atoms with Crippen LogP contribution in [0.5, 0.6) is 0 Å². The maximum absolute atomic E-state index is 13.2. The first-order chi connectivity index (χ1) is 16.2. The summed E-state index contributed by atoms with van der Waals surface area (Å²) in [4.78, 5) is 20.6. The SMILES string of the molecule is O=C(C1Cc2ccccc2C1)N1CCN(c2ccc3c(c2)CCN(C2CCCC2)CC3)CC1. The number of benzene rings is 2. The van der Waals surface area contributed by atoms with Gasteiger partial charge in [0.1, 0.15) is 0 Å². The molecule has 2 fully saturated rings. The highest BCUT2D eigenvalue weighted by atomic mass is 16.2. The van der Waals surface area contributed by atoms with E-state index in [0.717, 1.165) is 45.1 Å². The van der Waals surface area contributed by atoms with E-state index >= 15 is 0 Å². The number of carbonyl (C=O) groups is 1. The molecular formula is C29H37N3O. The van der Waals surface area contributed by atoms with Gasteiger partial charge in [-0.2, -0.15) is 0 Å². The van der Waals surface area contributed by atoms with E-state index < -0.39 is 0 Å². The van der Waals surface area contributed by atoms with E-state index in [1.165, 1.54) is 68.4 Å². The number of nitrogens with zero attached hydrogens (tertiary/aromatic N) is 3. The van der Waals surface area contributed by atoms with Crippen LogP contribution in [0.2, 0.25) is 0 Å². The third-order valence-corrected chi connectivity index (χ3v) is 8.72. The first-order valence-corrected chi connectivity index (χ1v) is 13.2. The molecule has 4 aliphatic rings. The number of piperazine rings is 1. The van der Waals surface area contributed by atoms with Crippen LogP contribution in [-0.2, 0) is 30.5 Å². The van der Waals surface area contributed by atoms with Gasteiger partial charge in [-0.05, 0) is 72.9 Å². The van der Waals surface area contributed by atoms with E-state index in [1.807, 2.05) is 0 Å². The molecule has 2 aliphatic carbocycles. The van der Waals surface area contributed by atoms with Crippen LogP contribution in [-0.4, -0.2) is 61.0 Å². The Labute approximate surface area is 198 Å². The van der Waals surface area contributed by atoms with Crippen LogP contribution in [0.25, 0.3) is 0 Å². The average Bonchev–Trinajstić information content (AvgIpc) is 3.50. The maximum atomic E-state index is 13.2. The predicted octanol–water partition coefficient (Wildman–Crippen LogP) is 4.09. The van der Waals surface area contributed by atoms with Crippen LogP contribution >= 0.6 is 0 Å². The molecule has 0 unspecified atom stereocenters. The zero-order chi connectivity index (χ0) is 22.2. The van der Waals surface area contributed by atoms with E-state index in [4.69, 9.17) is 0 Å². The predicted molar refractivity (Wildman–Crippen MR) is 134 cm³/mol. The maximum Gasteiger partial charge on any atom is 0.226 e. The van der Waals surface area contributed by atoms with Crippen molar-refractivity contribution < 1.29 is 4.79 Å². The van der Waals surface area contributed by atoms with Gasteiger partial charge in [-0.25, -0.2) is 0 Å². The van der Waals surface area contributed by atoms with Gasteiger partial charge in [0, 0.05) is 56.9 Å². The largest absolute Gasteiger partial charge is 0.368 e. The summed E-state index contributed by atoms with van der Waals surface area (Å²) >= 11 is 0. The summed E-state index contributed by atoms with van der Waals surface area (Å²) in [5, 5.41) is 0. The first kappa shape index (κ1) is 21.2. The van der Waals surface area contributed by atoms with Gasteiger partial charge < -0.3 is 9.80 Å². The second-order valence-corrected chi connectivity index (χ2v) is 10.6. The minimum atomic E-state index is 0.143. The minimum Gasteiger partial charge on any atom is -0.368 e. The number of fused-ring (bicyclic) bond motifs is 2. The standard InChI is InChI=1S/C29H37N3O/c33-29(26-19-23-5-1-2-6-24(23)20-26)32-17-15-31(16-18-32)28-10-9-22-11-13-30(14-12-25(22)21-28)27-7-3-4-8-27/h1-2,5-6,9-10,21,26-27H,3-4,7-8,11-20H2. The van der Waals surface area contributed by atoms with Crippen LogP contribution in [0.4, 0.5) is 5.69 Å². The zero-order valence-corrected chi connectivity index (χ0v) is 19.8. The second-order valence-electron chi connectivity index (χ2n) is 10.6. The number of hydrogen-bond acceptors (Lipinski definition) is 3. The van der Waals surface area contributed by atoms with Crippen LogP contribution < -0.4 is 4.90 Å². The number of amides is 1. The van der Waals surface area contributed by atoms with Gasteiger partial charge in [0.15, 0.2) is 0 Å². The molecule has 0 N–H and O–H groups in total. The summed E-state index contributed by atoms with van der Waals surface area (Å²) in [6.45, 7) is 6.02. The normalized spacial score (nSPS) is 22.3. The van der Waals surface area contributed by atoms with Crippen molar-refractivity contribution in [3.8, 4) is 0 Å². The Morgan fingerprint density at radius 2 is 1.39 bits per heavy atom. The highest BCUT2D eigenvalue weighted by Gasteiger charge is 2.32.